The smallest absolute Gasteiger partial charge is 0.119 e. The minimum absolute atomic E-state index is 0.736. The normalized spacial score (nSPS) is 10.9. The van der Waals surface area contributed by atoms with Crippen LogP contribution in [0.3, 0.4) is 0 Å². The summed E-state index contributed by atoms with van der Waals surface area (Å²) in [5.74, 6) is 0.970. The molecule has 2 heteroatoms. The fourth-order valence-electron chi connectivity index (χ4n) is 1.98. The molecular formula is C16H27NO. The lowest BCUT2D eigenvalue weighted by Crippen LogP contribution is -2.22. The SMILES string of the molecule is CCCCCN(C)CCc1ccc(OCC)cc1. The lowest BCUT2D eigenvalue weighted by atomic mass is 10.1. The molecule has 0 N–H and O–H groups in total. The van der Waals surface area contributed by atoms with Gasteiger partial charge in [0.15, 0.2) is 0 Å². The van der Waals surface area contributed by atoms with E-state index in [1.165, 1.54) is 31.4 Å². The van der Waals surface area contributed by atoms with Gasteiger partial charge in [-0.05, 0) is 51.1 Å². The summed E-state index contributed by atoms with van der Waals surface area (Å²) in [7, 11) is 2.21. The second-order valence-electron chi connectivity index (χ2n) is 4.84. The van der Waals surface area contributed by atoms with Crippen molar-refractivity contribution in [3.8, 4) is 5.75 Å². The Bertz CT molecular complexity index is 307. The largest absolute Gasteiger partial charge is 0.494 e. The van der Waals surface area contributed by atoms with Crippen molar-refractivity contribution in [2.24, 2.45) is 0 Å². The molecule has 1 aromatic carbocycles. The number of rotatable bonds is 9. The van der Waals surface area contributed by atoms with E-state index in [1.807, 2.05) is 6.92 Å². The maximum atomic E-state index is 5.44. The second-order valence-corrected chi connectivity index (χ2v) is 4.84. The van der Waals surface area contributed by atoms with Crippen LogP contribution in [-0.2, 0) is 6.42 Å². The van der Waals surface area contributed by atoms with Gasteiger partial charge in [-0.25, -0.2) is 0 Å². The zero-order chi connectivity index (χ0) is 13.2. The van der Waals surface area contributed by atoms with Crippen molar-refractivity contribution in [2.75, 3.05) is 26.7 Å². The van der Waals surface area contributed by atoms with Crippen molar-refractivity contribution in [2.45, 2.75) is 39.5 Å². The van der Waals surface area contributed by atoms with Crippen LogP contribution in [0.25, 0.3) is 0 Å². The third kappa shape index (κ3) is 6.06. The van der Waals surface area contributed by atoms with Crippen LogP contribution in [0.1, 0.15) is 38.7 Å². The van der Waals surface area contributed by atoms with Gasteiger partial charge >= 0.3 is 0 Å². The third-order valence-corrected chi connectivity index (χ3v) is 3.16. The average molecular weight is 249 g/mol. The van der Waals surface area contributed by atoms with Gasteiger partial charge in [-0.2, -0.15) is 0 Å². The fourth-order valence-corrected chi connectivity index (χ4v) is 1.98. The van der Waals surface area contributed by atoms with E-state index in [0.717, 1.165) is 25.3 Å². The predicted molar refractivity (Wildman–Crippen MR) is 78.3 cm³/mol. The van der Waals surface area contributed by atoms with Gasteiger partial charge < -0.3 is 9.64 Å². The molecule has 0 aliphatic rings. The van der Waals surface area contributed by atoms with Gasteiger partial charge in [-0.3, -0.25) is 0 Å². The Kier molecular flexibility index (Phi) is 7.51. The molecule has 0 aromatic heterocycles. The highest BCUT2D eigenvalue weighted by molar-refractivity contribution is 5.27. The summed E-state index contributed by atoms with van der Waals surface area (Å²) in [6.45, 7) is 7.35. The van der Waals surface area contributed by atoms with Gasteiger partial charge in [0.05, 0.1) is 6.61 Å². The average Bonchev–Trinajstić information content (AvgIpc) is 2.39. The minimum atomic E-state index is 0.736. The summed E-state index contributed by atoms with van der Waals surface area (Å²) in [4.78, 5) is 2.42. The van der Waals surface area contributed by atoms with Crippen molar-refractivity contribution in [3.63, 3.8) is 0 Å². The molecule has 0 atom stereocenters. The minimum Gasteiger partial charge on any atom is -0.494 e. The van der Waals surface area contributed by atoms with Crippen molar-refractivity contribution in [3.05, 3.63) is 29.8 Å². The zero-order valence-corrected chi connectivity index (χ0v) is 12.1. The zero-order valence-electron chi connectivity index (χ0n) is 12.1. The van der Waals surface area contributed by atoms with Gasteiger partial charge in [0.2, 0.25) is 0 Å². The monoisotopic (exact) mass is 249 g/mol. The molecule has 0 radical (unpaired) electrons. The van der Waals surface area contributed by atoms with E-state index in [0.29, 0.717) is 0 Å². The lowest BCUT2D eigenvalue weighted by molar-refractivity contribution is 0.329. The molecule has 0 heterocycles. The van der Waals surface area contributed by atoms with Crippen molar-refractivity contribution < 1.29 is 4.74 Å². The molecule has 0 spiro atoms. The molecular weight excluding hydrogens is 222 g/mol. The molecule has 0 saturated heterocycles. The van der Waals surface area contributed by atoms with Gasteiger partial charge in [0.1, 0.15) is 5.75 Å². The van der Waals surface area contributed by atoms with Crippen LogP contribution in [0.2, 0.25) is 0 Å². The quantitative estimate of drug-likeness (QED) is 0.618. The van der Waals surface area contributed by atoms with E-state index < -0.39 is 0 Å². The highest BCUT2D eigenvalue weighted by atomic mass is 16.5. The van der Waals surface area contributed by atoms with Crippen molar-refractivity contribution >= 4 is 0 Å². The first kappa shape index (κ1) is 15.0. The molecule has 1 rings (SSSR count). The van der Waals surface area contributed by atoms with Crippen LogP contribution in [0.15, 0.2) is 24.3 Å². The van der Waals surface area contributed by atoms with Crippen LogP contribution >= 0.6 is 0 Å². The number of nitrogens with zero attached hydrogens (tertiary/aromatic N) is 1. The van der Waals surface area contributed by atoms with E-state index in [1.54, 1.807) is 0 Å². The van der Waals surface area contributed by atoms with Gasteiger partial charge in [0.25, 0.3) is 0 Å². The second kappa shape index (κ2) is 8.98. The number of ether oxygens (including phenoxy) is 1. The molecule has 0 aliphatic carbocycles. The van der Waals surface area contributed by atoms with Crippen molar-refractivity contribution in [1.82, 2.24) is 4.90 Å². The molecule has 18 heavy (non-hydrogen) atoms. The summed E-state index contributed by atoms with van der Waals surface area (Å²) in [5.41, 5.74) is 1.39. The third-order valence-electron chi connectivity index (χ3n) is 3.16. The summed E-state index contributed by atoms with van der Waals surface area (Å²) < 4.78 is 5.44. The predicted octanol–water partition coefficient (Wildman–Crippen LogP) is 3.75. The number of unbranched alkanes of at least 4 members (excludes halogenated alkanes) is 2. The Hall–Kier alpha value is -1.02. The topological polar surface area (TPSA) is 12.5 Å². The molecule has 0 aliphatic heterocycles. The highest BCUT2D eigenvalue weighted by Crippen LogP contribution is 2.12. The summed E-state index contributed by atoms with van der Waals surface area (Å²) in [6.07, 6.45) is 5.07. The molecule has 0 amide bonds. The summed E-state index contributed by atoms with van der Waals surface area (Å²) in [5, 5.41) is 0. The van der Waals surface area contributed by atoms with E-state index in [4.69, 9.17) is 4.74 Å². The Labute approximate surface area is 112 Å². The fraction of sp³-hybridized carbons (Fsp3) is 0.625. The molecule has 2 nitrogen and oxygen atoms in total. The van der Waals surface area contributed by atoms with Crippen LogP contribution in [0.4, 0.5) is 0 Å². The maximum absolute atomic E-state index is 5.44. The van der Waals surface area contributed by atoms with E-state index >= 15 is 0 Å². The lowest BCUT2D eigenvalue weighted by Gasteiger charge is -2.16. The van der Waals surface area contributed by atoms with Crippen LogP contribution in [0.5, 0.6) is 5.75 Å². The maximum Gasteiger partial charge on any atom is 0.119 e. The number of hydrogen-bond donors (Lipinski definition) is 0. The molecule has 0 saturated carbocycles. The summed E-state index contributed by atoms with van der Waals surface area (Å²) in [6, 6.07) is 8.47. The van der Waals surface area contributed by atoms with Crippen LogP contribution < -0.4 is 4.74 Å². The molecule has 102 valence electrons. The Balaban J connectivity index is 2.25. The molecule has 1 aromatic rings. The Morgan fingerprint density at radius 1 is 1.00 bits per heavy atom. The first-order chi connectivity index (χ1) is 8.76. The first-order valence-corrected chi connectivity index (χ1v) is 7.16. The standard InChI is InChI=1S/C16H27NO/c1-4-6-7-13-17(3)14-12-15-8-10-16(11-9-15)18-5-2/h8-11H,4-7,12-14H2,1-3H3. The Morgan fingerprint density at radius 3 is 2.33 bits per heavy atom. The van der Waals surface area contributed by atoms with Gasteiger partial charge in [0, 0.05) is 6.54 Å². The van der Waals surface area contributed by atoms with Crippen LogP contribution in [0, 0.1) is 0 Å². The Morgan fingerprint density at radius 2 is 1.72 bits per heavy atom. The van der Waals surface area contributed by atoms with Gasteiger partial charge in [-0.1, -0.05) is 31.9 Å². The van der Waals surface area contributed by atoms with E-state index in [9.17, 15) is 0 Å². The molecule has 0 bridgehead atoms. The summed E-state index contributed by atoms with van der Waals surface area (Å²) >= 11 is 0. The number of likely N-dealkylation sites (N-methyl/N-ethyl adjacent to an activating group) is 1. The number of benzene rings is 1. The van der Waals surface area contributed by atoms with Gasteiger partial charge in [-0.15, -0.1) is 0 Å². The number of hydrogen-bond acceptors (Lipinski definition) is 2. The molecule has 0 fully saturated rings. The first-order valence-electron chi connectivity index (χ1n) is 7.16. The molecule has 0 unspecified atom stereocenters. The van der Waals surface area contributed by atoms with E-state index in [-0.39, 0.29) is 0 Å². The van der Waals surface area contributed by atoms with E-state index in [2.05, 4.69) is 43.1 Å². The highest BCUT2D eigenvalue weighted by Gasteiger charge is 2.00. The van der Waals surface area contributed by atoms with Crippen LogP contribution in [-0.4, -0.2) is 31.6 Å². The van der Waals surface area contributed by atoms with Crippen molar-refractivity contribution in [1.29, 1.82) is 0 Å².